The van der Waals surface area contributed by atoms with E-state index in [9.17, 15) is 20.0 Å². The van der Waals surface area contributed by atoms with E-state index in [-0.39, 0.29) is 34.2 Å². The van der Waals surface area contributed by atoms with E-state index in [2.05, 4.69) is 15.5 Å². The van der Waals surface area contributed by atoms with Crippen molar-refractivity contribution in [2.24, 2.45) is 0 Å². The van der Waals surface area contributed by atoms with Crippen LogP contribution in [-0.2, 0) is 0 Å². The SMILES string of the molecule is O=C([O-])n1nnnc1[N+](=O)[O-].[Na+]. The zero-order chi connectivity index (χ0) is 8.43. The number of tetrazole rings is 1. The van der Waals surface area contributed by atoms with E-state index >= 15 is 0 Å². The van der Waals surface area contributed by atoms with Gasteiger partial charge in [0.15, 0.2) is 0 Å². The second-order valence-corrected chi connectivity index (χ2v) is 1.41. The summed E-state index contributed by atoms with van der Waals surface area (Å²) >= 11 is 0. The Morgan fingerprint density at radius 1 is 1.58 bits per heavy atom. The van der Waals surface area contributed by atoms with Crippen molar-refractivity contribution in [3.05, 3.63) is 10.1 Å². The van der Waals surface area contributed by atoms with E-state index in [0.29, 0.717) is 0 Å². The third-order valence-electron chi connectivity index (χ3n) is 0.789. The Morgan fingerprint density at radius 2 is 2.17 bits per heavy atom. The molecule has 0 aliphatic heterocycles. The standard InChI is InChI=1S/C2HN5O4.Na/c8-2(9)6-1(7(10)11)3-4-5-6;/h(H,8,9);/q;+1/p-1. The average Bonchev–Trinajstić information content (AvgIpc) is 2.32. The van der Waals surface area contributed by atoms with Crippen molar-refractivity contribution >= 4 is 12.0 Å². The number of carboxylic acid groups (broad SMARTS) is 1. The van der Waals surface area contributed by atoms with Crippen molar-refractivity contribution in [3.8, 4) is 0 Å². The van der Waals surface area contributed by atoms with Gasteiger partial charge in [-0.3, -0.25) is 0 Å². The van der Waals surface area contributed by atoms with E-state index in [0.717, 1.165) is 0 Å². The van der Waals surface area contributed by atoms with Crippen LogP contribution < -0.4 is 34.7 Å². The summed E-state index contributed by atoms with van der Waals surface area (Å²) < 4.78 is -0.0417. The molecule has 0 N–H and O–H groups in total. The molecule has 0 radical (unpaired) electrons. The topological polar surface area (TPSA) is 127 Å². The summed E-state index contributed by atoms with van der Waals surface area (Å²) in [6, 6.07) is 0. The van der Waals surface area contributed by atoms with Gasteiger partial charge >= 0.3 is 35.5 Å². The Balaban J connectivity index is 0.00000121. The molecule has 0 saturated heterocycles. The van der Waals surface area contributed by atoms with Crippen LogP contribution in [0.25, 0.3) is 0 Å². The molecule has 0 amide bonds. The van der Waals surface area contributed by atoms with Crippen LogP contribution in [0.15, 0.2) is 0 Å². The van der Waals surface area contributed by atoms with Crippen LogP contribution in [0, 0.1) is 10.1 Å². The van der Waals surface area contributed by atoms with E-state index in [1.54, 1.807) is 0 Å². The summed E-state index contributed by atoms with van der Waals surface area (Å²) in [5, 5.41) is 28.3. The Hall–Kier alpha value is -1.06. The van der Waals surface area contributed by atoms with Crippen LogP contribution in [-0.4, -0.2) is 31.2 Å². The molecule has 0 unspecified atom stereocenters. The minimum absolute atomic E-state index is 0. The summed E-state index contributed by atoms with van der Waals surface area (Å²) in [5.74, 6) is -0.981. The minimum Gasteiger partial charge on any atom is -0.515 e. The second kappa shape index (κ2) is 4.09. The minimum atomic E-state index is -1.85. The van der Waals surface area contributed by atoms with Crippen molar-refractivity contribution in [1.29, 1.82) is 0 Å². The summed E-state index contributed by atoms with van der Waals surface area (Å²) in [5.41, 5.74) is 0. The monoisotopic (exact) mass is 181 g/mol. The molecule has 12 heavy (non-hydrogen) atoms. The fourth-order valence-corrected chi connectivity index (χ4v) is 0.414. The second-order valence-electron chi connectivity index (χ2n) is 1.41. The van der Waals surface area contributed by atoms with Gasteiger partial charge in [0.05, 0.1) is 10.3 Å². The van der Waals surface area contributed by atoms with Gasteiger partial charge in [-0.25, -0.2) is 0 Å². The van der Waals surface area contributed by atoms with Gasteiger partial charge < -0.3 is 20.0 Å². The Morgan fingerprint density at radius 3 is 2.50 bits per heavy atom. The van der Waals surface area contributed by atoms with Gasteiger partial charge in [0.25, 0.3) is 0 Å². The van der Waals surface area contributed by atoms with Gasteiger partial charge in [0.2, 0.25) is 6.09 Å². The van der Waals surface area contributed by atoms with Crippen LogP contribution in [0.5, 0.6) is 0 Å². The number of aromatic nitrogens is 4. The predicted molar refractivity (Wildman–Crippen MR) is 25.3 cm³/mol. The Labute approximate surface area is 86.8 Å². The van der Waals surface area contributed by atoms with Crippen molar-refractivity contribution in [2.75, 3.05) is 0 Å². The first-order valence-electron chi connectivity index (χ1n) is 2.27. The first-order chi connectivity index (χ1) is 5.13. The Bertz CT molecular complexity index is 280. The predicted octanol–water partition coefficient (Wildman–Crippen LogP) is -5.22. The molecule has 0 bridgehead atoms. The van der Waals surface area contributed by atoms with E-state index in [4.69, 9.17) is 0 Å². The van der Waals surface area contributed by atoms with Gasteiger partial charge in [0.1, 0.15) is 0 Å². The first-order valence-corrected chi connectivity index (χ1v) is 2.27. The molecular weight excluding hydrogens is 181 g/mol. The molecule has 9 nitrogen and oxygen atoms in total. The number of carbonyl (C=O) groups is 1. The van der Waals surface area contributed by atoms with E-state index in [1.807, 2.05) is 0 Å². The molecule has 1 rings (SSSR count). The van der Waals surface area contributed by atoms with Crippen LogP contribution in [0.2, 0.25) is 0 Å². The molecule has 10 heteroatoms. The molecule has 0 atom stereocenters. The molecule has 0 aromatic carbocycles. The average molecular weight is 181 g/mol. The molecule has 1 aromatic rings. The fourth-order valence-electron chi connectivity index (χ4n) is 0.414. The molecule has 58 valence electrons. The van der Waals surface area contributed by atoms with Gasteiger partial charge in [-0.05, 0) is 4.92 Å². The summed E-state index contributed by atoms with van der Waals surface area (Å²) in [6.07, 6.45) is -1.85. The van der Waals surface area contributed by atoms with Crippen LogP contribution in [0.1, 0.15) is 0 Å². The quantitative estimate of drug-likeness (QED) is 0.183. The first kappa shape index (κ1) is 10.9. The number of nitrogens with zero attached hydrogens (tertiary/aromatic N) is 5. The molecule has 1 aromatic heterocycles. The van der Waals surface area contributed by atoms with Crippen molar-refractivity contribution in [2.45, 2.75) is 0 Å². The third kappa shape index (κ3) is 1.96. The normalized spacial score (nSPS) is 8.67. The fraction of sp³-hybridized carbons (Fsp3) is 0. The van der Waals surface area contributed by atoms with Gasteiger partial charge in [-0.2, -0.15) is 0 Å². The summed E-state index contributed by atoms with van der Waals surface area (Å²) in [4.78, 5) is 18.9. The number of hydrogen-bond acceptors (Lipinski definition) is 7. The molecular formula is C2N5NaO4. The molecule has 1 heterocycles. The van der Waals surface area contributed by atoms with Gasteiger partial charge in [-0.1, -0.05) is 4.68 Å². The largest absolute Gasteiger partial charge is 1.00 e. The molecule has 0 aliphatic rings. The zero-order valence-corrected chi connectivity index (χ0v) is 7.87. The van der Waals surface area contributed by atoms with E-state index in [1.165, 1.54) is 0 Å². The maximum Gasteiger partial charge on any atom is 1.00 e. The van der Waals surface area contributed by atoms with Crippen LogP contribution >= 0.6 is 0 Å². The van der Waals surface area contributed by atoms with Crippen LogP contribution in [0.4, 0.5) is 10.7 Å². The van der Waals surface area contributed by atoms with Crippen molar-refractivity contribution in [1.82, 2.24) is 20.2 Å². The van der Waals surface area contributed by atoms with Gasteiger partial charge in [0, 0.05) is 5.21 Å². The van der Waals surface area contributed by atoms with Gasteiger partial charge in [-0.15, -0.1) is 0 Å². The molecule has 0 saturated carbocycles. The molecule has 0 spiro atoms. The number of hydrogen-bond donors (Lipinski definition) is 0. The summed E-state index contributed by atoms with van der Waals surface area (Å²) in [6.45, 7) is 0. The Kier molecular flexibility index (Phi) is 3.73. The van der Waals surface area contributed by atoms with Crippen molar-refractivity contribution < 1.29 is 44.4 Å². The van der Waals surface area contributed by atoms with E-state index < -0.39 is 17.0 Å². The number of carbonyl (C=O) groups excluding carboxylic acids is 1. The molecule has 0 fully saturated rings. The maximum atomic E-state index is 9.99. The zero-order valence-electron chi connectivity index (χ0n) is 5.87. The molecule has 0 aliphatic carbocycles. The third-order valence-corrected chi connectivity index (χ3v) is 0.789. The smallest absolute Gasteiger partial charge is 0.515 e. The van der Waals surface area contributed by atoms with Crippen LogP contribution in [0.3, 0.4) is 0 Å². The van der Waals surface area contributed by atoms with Crippen molar-refractivity contribution in [3.63, 3.8) is 0 Å². The maximum absolute atomic E-state index is 9.99. The number of rotatable bonds is 1. The summed E-state index contributed by atoms with van der Waals surface area (Å²) in [7, 11) is 0. The number of nitro groups is 1.